The fourth-order valence-corrected chi connectivity index (χ4v) is 6.61. The minimum atomic E-state index is -0.304. The molecule has 1 atom stereocenters. The van der Waals surface area contributed by atoms with Crippen molar-refractivity contribution in [3.05, 3.63) is 114 Å². The molecule has 4 heteroatoms. The molecule has 3 aliphatic rings. The van der Waals surface area contributed by atoms with Gasteiger partial charge in [-0.2, -0.15) is 0 Å². The van der Waals surface area contributed by atoms with E-state index in [2.05, 4.69) is 113 Å². The molecule has 1 unspecified atom stereocenters. The third-order valence-electron chi connectivity index (χ3n) is 8.04. The summed E-state index contributed by atoms with van der Waals surface area (Å²) in [4.78, 5) is 10.2. The molecule has 6 rings (SSSR count). The molecular formula is C36H38N4. The quantitative estimate of drug-likeness (QED) is 0.333. The van der Waals surface area contributed by atoms with Gasteiger partial charge in [-0.25, -0.2) is 4.99 Å². The van der Waals surface area contributed by atoms with E-state index in [0.717, 1.165) is 34.9 Å². The molecule has 0 bridgehead atoms. The van der Waals surface area contributed by atoms with Crippen molar-refractivity contribution in [1.82, 2.24) is 0 Å². The number of hydrogen-bond acceptors (Lipinski definition) is 4. The Kier molecular flexibility index (Phi) is 6.18. The number of aliphatic imine (C=N–C) groups is 2. The lowest BCUT2D eigenvalue weighted by molar-refractivity contribution is 0.362. The Hall–Kier alpha value is -4.18. The smallest absolute Gasteiger partial charge is 0.0641 e. The van der Waals surface area contributed by atoms with Crippen LogP contribution in [0, 0.1) is 0 Å². The predicted molar refractivity (Wildman–Crippen MR) is 172 cm³/mol. The summed E-state index contributed by atoms with van der Waals surface area (Å²) in [5.74, 6) is 0. The molecule has 4 nitrogen and oxygen atoms in total. The van der Waals surface area contributed by atoms with Crippen molar-refractivity contribution in [1.29, 1.82) is 0 Å². The van der Waals surface area contributed by atoms with Crippen molar-refractivity contribution in [2.45, 2.75) is 64.5 Å². The Balaban J connectivity index is 1.56. The van der Waals surface area contributed by atoms with Crippen LogP contribution in [0.2, 0.25) is 0 Å². The lowest BCUT2D eigenvalue weighted by Crippen LogP contribution is -2.44. The van der Waals surface area contributed by atoms with Crippen LogP contribution in [-0.2, 0) is 5.41 Å². The highest BCUT2D eigenvalue weighted by atomic mass is 15.0. The molecule has 0 amide bonds. The van der Waals surface area contributed by atoms with Crippen LogP contribution in [-0.4, -0.2) is 22.5 Å². The van der Waals surface area contributed by atoms with Gasteiger partial charge in [0, 0.05) is 28.0 Å². The van der Waals surface area contributed by atoms with Crippen molar-refractivity contribution in [3.63, 3.8) is 0 Å². The fourth-order valence-electron chi connectivity index (χ4n) is 6.61. The number of allylic oxidation sites excluding steroid dienone is 5. The molecule has 2 heterocycles. The van der Waals surface area contributed by atoms with Crippen LogP contribution >= 0.6 is 0 Å². The number of fused-ring (bicyclic) bond motifs is 2. The van der Waals surface area contributed by atoms with Gasteiger partial charge in [-0.3, -0.25) is 4.99 Å². The van der Waals surface area contributed by atoms with E-state index >= 15 is 0 Å². The molecule has 0 saturated heterocycles. The molecule has 0 radical (unpaired) electrons. The summed E-state index contributed by atoms with van der Waals surface area (Å²) in [6, 6.07) is 25.2. The third kappa shape index (κ3) is 4.95. The van der Waals surface area contributed by atoms with Crippen LogP contribution in [0.25, 0.3) is 5.57 Å². The van der Waals surface area contributed by atoms with Gasteiger partial charge in [-0.15, -0.1) is 0 Å². The first-order valence-corrected chi connectivity index (χ1v) is 14.1. The molecule has 2 N–H and O–H groups in total. The monoisotopic (exact) mass is 526 g/mol. The van der Waals surface area contributed by atoms with E-state index in [1.54, 1.807) is 0 Å². The molecule has 3 aromatic carbocycles. The summed E-state index contributed by atoms with van der Waals surface area (Å²) in [6.07, 6.45) is 9.71. The van der Waals surface area contributed by atoms with Crippen molar-refractivity contribution in [2.24, 2.45) is 9.98 Å². The number of para-hydroxylation sites is 2. The Morgan fingerprint density at radius 2 is 1.55 bits per heavy atom. The van der Waals surface area contributed by atoms with Crippen LogP contribution < -0.4 is 10.6 Å². The first kappa shape index (κ1) is 26.1. The van der Waals surface area contributed by atoms with Crippen LogP contribution in [0.1, 0.15) is 59.1 Å². The highest BCUT2D eigenvalue weighted by Gasteiger charge is 2.45. The zero-order chi connectivity index (χ0) is 28.1. The minimum absolute atomic E-state index is 0.154. The van der Waals surface area contributed by atoms with Gasteiger partial charge >= 0.3 is 0 Å². The number of benzene rings is 3. The summed E-state index contributed by atoms with van der Waals surface area (Å²) >= 11 is 0. The largest absolute Gasteiger partial charge is 0.376 e. The van der Waals surface area contributed by atoms with Crippen LogP contribution in [0.15, 0.2) is 113 Å². The summed E-state index contributed by atoms with van der Waals surface area (Å²) in [5, 5.41) is 7.59. The van der Waals surface area contributed by atoms with Gasteiger partial charge in [0.25, 0.3) is 0 Å². The molecule has 40 heavy (non-hydrogen) atoms. The molecule has 3 aromatic rings. The van der Waals surface area contributed by atoms with Gasteiger partial charge in [0.1, 0.15) is 0 Å². The highest BCUT2D eigenvalue weighted by Crippen LogP contribution is 2.51. The lowest BCUT2D eigenvalue weighted by Gasteiger charge is -2.46. The SMILES string of the molecule is CC1=CC(C)(C)Nc2c1cc(Nc1ccccc1)cc2C1(C)CC(C)(C)N=C2C=CC(=Nc3ccccc3)C=C21. The first-order chi connectivity index (χ1) is 19.0. The van der Waals surface area contributed by atoms with E-state index in [9.17, 15) is 0 Å². The Labute approximate surface area is 238 Å². The number of anilines is 3. The van der Waals surface area contributed by atoms with Gasteiger partial charge in [0.05, 0.1) is 28.2 Å². The van der Waals surface area contributed by atoms with Crippen molar-refractivity contribution >= 4 is 39.7 Å². The van der Waals surface area contributed by atoms with E-state index in [1.165, 1.54) is 28.0 Å². The summed E-state index contributed by atoms with van der Waals surface area (Å²) in [6.45, 7) is 13.6. The Morgan fingerprint density at radius 3 is 2.27 bits per heavy atom. The molecule has 1 aliphatic carbocycles. The van der Waals surface area contributed by atoms with Gasteiger partial charge in [-0.1, -0.05) is 49.4 Å². The van der Waals surface area contributed by atoms with E-state index in [0.29, 0.717) is 0 Å². The Morgan fingerprint density at radius 1 is 0.850 bits per heavy atom. The maximum atomic E-state index is 5.20. The zero-order valence-corrected chi connectivity index (χ0v) is 24.3. The highest BCUT2D eigenvalue weighted by molar-refractivity contribution is 6.23. The second-order valence-corrected chi connectivity index (χ2v) is 12.7. The standard InChI is InChI=1S/C36H38N4/c1-24-22-34(2,3)40-33-29(24)19-28(38-26-15-11-8-12-16-26)21-31(33)36(6)23-35(4,5)39-32-18-17-27(20-30(32)36)37-25-13-9-7-10-14-25/h7-22,38,40H,23H2,1-6H3. The number of hydrogen-bond donors (Lipinski definition) is 2. The normalized spacial score (nSPS) is 23.2. The molecule has 0 spiro atoms. The predicted octanol–water partition coefficient (Wildman–Crippen LogP) is 9.19. The van der Waals surface area contributed by atoms with Crippen LogP contribution in [0.5, 0.6) is 0 Å². The van der Waals surface area contributed by atoms with Gasteiger partial charge in [0.15, 0.2) is 0 Å². The second kappa shape index (κ2) is 9.48. The lowest BCUT2D eigenvalue weighted by atomic mass is 9.63. The maximum absolute atomic E-state index is 5.20. The summed E-state index contributed by atoms with van der Waals surface area (Å²) < 4.78 is 0. The third-order valence-corrected chi connectivity index (χ3v) is 8.04. The van der Waals surface area contributed by atoms with E-state index < -0.39 is 0 Å². The number of rotatable bonds is 4. The average Bonchev–Trinajstić information content (AvgIpc) is 2.89. The molecule has 202 valence electrons. The molecule has 0 fully saturated rings. The fraction of sp³-hybridized carbons (Fsp3) is 0.278. The summed E-state index contributed by atoms with van der Waals surface area (Å²) in [7, 11) is 0. The van der Waals surface area contributed by atoms with Crippen molar-refractivity contribution in [2.75, 3.05) is 10.6 Å². The van der Waals surface area contributed by atoms with Gasteiger partial charge < -0.3 is 10.6 Å². The van der Waals surface area contributed by atoms with Crippen LogP contribution in [0.4, 0.5) is 22.7 Å². The van der Waals surface area contributed by atoms with Gasteiger partial charge in [0.2, 0.25) is 0 Å². The maximum Gasteiger partial charge on any atom is 0.0641 e. The molecule has 0 saturated carbocycles. The second-order valence-electron chi connectivity index (χ2n) is 12.7. The van der Waals surface area contributed by atoms with E-state index in [-0.39, 0.29) is 16.5 Å². The van der Waals surface area contributed by atoms with E-state index in [4.69, 9.17) is 9.98 Å². The Bertz CT molecular complexity index is 1620. The molecular weight excluding hydrogens is 488 g/mol. The first-order valence-electron chi connectivity index (χ1n) is 14.1. The van der Waals surface area contributed by atoms with E-state index in [1.807, 2.05) is 36.4 Å². The van der Waals surface area contributed by atoms with Gasteiger partial charge in [-0.05, 0) is 112 Å². The van der Waals surface area contributed by atoms with Crippen LogP contribution in [0.3, 0.4) is 0 Å². The topological polar surface area (TPSA) is 48.8 Å². The average molecular weight is 527 g/mol. The summed E-state index contributed by atoms with van der Waals surface area (Å²) in [5.41, 5.74) is 10.7. The molecule has 0 aromatic heterocycles. The molecule has 2 aliphatic heterocycles. The van der Waals surface area contributed by atoms with Crippen molar-refractivity contribution in [3.8, 4) is 0 Å². The minimum Gasteiger partial charge on any atom is -0.376 e. The number of nitrogens with one attached hydrogen (secondary N) is 2. The number of nitrogens with zero attached hydrogens (tertiary/aromatic N) is 2. The van der Waals surface area contributed by atoms with Crippen molar-refractivity contribution < 1.29 is 0 Å². The zero-order valence-electron chi connectivity index (χ0n) is 24.3.